The van der Waals surface area contributed by atoms with Gasteiger partial charge in [-0.25, -0.2) is 4.39 Å². The maximum absolute atomic E-state index is 14.1. The molecule has 2 aromatic rings. The van der Waals surface area contributed by atoms with Crippen LogP contribution in [-0.4, -0.2) is 37.0 Å². The largest absolute Gasteiger partial charge is 0.307 e. The van der Waals surface area contributed by atoms with E-state index in [1.165, 1.54) is 25.5 Å². The van der Waals surface area contributed by atoms with Crippen molar-refractivity contribution in [2.24, 2.45) is 5.92 Å². The molecule has 0 unspecified atom stereocenters. The van der Waals surface area contributed by atoms with Gasteiger partial charge in [-0.1, -0.05) is 17.7 Å². The van der Waals surface area contributed by atoms with Crippen LogP contribution in [0.1, 0.15) is 41.6 Å². The average Bonchev–Trinajstić information content (AvgIpc) is 3.46. The van der Waals surface area contributed by atoms with Gasteiger partial charge in [-0.15, -0.1) is 0 Å². The summed E-state index contributed by atoms with van der Waals surface area (Å²) >= 11 is 6.10. The van der Waals surface area contributed by atoms with Gasteiger partial charge in [0.2, 0.25) is 0 Å². The molecule has 1 amide bonds. The van der Waals surface area contributed by atoms with Gasteiger partial charge in [0, 0.05) is 34.8 Å². The molecule has 0 atom stereocenters. The van der Waals surface area contributed by atoms with Gasteiger partial charge in [-0.3, -0.25) is 4.79 Å². The van der Waals surface area contributed by atoms with Gasteiger partial charge in [-0.2, -0.15) is 0 Å². The lowest BCUT2D eigenvalue weighted by molar-refractivity contribution is 0.0976. The molecule has 0 radical (unpaired) electrons. The SMILES string of the molecule is O=C(c1cccc(Cl)c1)N1CC2(CCN(CC3CC3)CC2)c2cc(F)ccc21. The number of amides is 1. The maximum atomic E-state index is 14.1. The summed E-state index contributed by atoms with van der Waals surface area (Å²) in [5, 5.41) is 0.549. The molecule has 28 heavy (non-hydrogen) atoms. The Bertz CT molecular complexity index is 919. The summed E-state index contributed by atoms with van der Waals surface area (Å²) in [6.07, 6.45) is 4.65. The lowest BCUT2D eigenvalue weighted by atomic mass is 9.74. The summed E-state index contributed by atoms with van der Waals surface area (Å²) in [5.41, 5.74) is 2.27. The van der Waals surface area contributed by atoms with E-state index in [0.29, 0.717) is 17.1 Å². The normalized spacial score (nSPS) is 21.1. The fraction of sp³-hybridized carbons (Fsp3) is 0.435. The summed E-state index contributed by atoms with van der Waals surface area (Å²) in [6.45, 7) is 3.85. The first kappa shape index (κ1) is 18.1. The summed E-state index contributed by atoms with van der Waals surface area (Å²) in [4.78, 5) is 17.6. The third-order valence-electron chi connectivity index (χ3n) is 6.62. The number of piperidine rings is 1. The Morgan fingerprint density at radius 1 is 1.14 bits per heavy atom. The number of hydrogen-bond donors (Lipinski definition) is 0. The number of hydrogen-bond acceptors (Lipinski definition) is 2. The molecule has 2 aliphatic heterocycles. The Labute approximate surface area is 170 Å². The molecule has 3 aliphatic rings. The van der Waals surface area contributed by atoms with Crippen molar-refractivity contribution < 1.29 is 9.18 Å². The molecule has 3 nitrogen and oxygen atoms in total. The topological polar surface area (TPSA) is 23.6 Å². The number of carbonyl (C=O) groups is 1. The van der Waals surface area contributed by atoms with Crippen molar-refractivity contribution in [2.45, 2.75) is 31.1 Å². The standard InChI is InChI=1S/C23H24ClFN2O/c24-18-3-1-2-17(12-18)22(28)27-15-23(20-13-19(25)6-7-21(20)27)8-10-26(11-9-23)14-16-4-5-16/h1-3,6-7,12-13,16H,4-5,8-11,14-15H2. The lowest BCUT2D eigenvalue weighted by Crippen LogP contribution is -2.46. The average molecular weight is 399 g/mol. The highest BCUT2D eigenvalue weighted by atomic mass is 35.5. The first-order valence-electron chi connectivity index (χ1n) is 10.1. The predicted molar refractivity (Wildman–Crippen MR) is 110 cm³/mol. The molecule has 2 aromatic carbocycles. The summed E-state index contributed by atoms with van der Waals surface area (Å²) in [5.74, 6) is 0.589. The van der Waals surface area contributed by atoms with Crippen LogP contribution < -0.4 is 4.90 Å². The Morgan fingerprint density at radius 3 is 2.64 bits per heavy atom. The predicted octanol–water partition coefficient (Wildman–Crippen LogP) is 4.88. The maximum Gasteiger partial charge on any atom is 0.258 e. The van der Waals surface area contributed by atoms with Crippen molar-refractivity contribution in [3.05, 3.63) is 64.4 Å². The molecule has 0 N–H and O–H groups in total. The number of halogens is 2. The van der Waals surface area contributed by atoms with Crippen LogP contribution in [0.15, 0.2) is 42.5 Å². The van der Waals surface area contributed by atoms with Crippen molar-refractivity contribution in [1.82, 2.24) is 4.90 Å². The molecule has 1 saturated carbocycles. The van der Waals surface area contributed by atoms with Crippen molar-refractivity contribution in [1.29, 1.82) is 0 Å². The van der Waals surface area contributed by atoms with Gasteiger partial charge < -0.3 is 9.80 Å². The second-order valence-electron chi connectivity index (χ2n) is 8.59. The molecular formula is C23H24ClFN2O. The number of anilines is 1. The number of nitrogens with zero attached hydrogens (tertiary/aromatic N) is 2. The van der Waals surface area contributed by atoms with Gasteiger partial charge in [0.1, 0.15) is 5.82 Å². The highest BCUT2D eigenvalue weighted by Gasteiger charge is 2.47. The molecule has 2 fully saturated rings. The monoisotopic (exact) mass is 398 g/mol. The minimum Gasteiger partial charge on any atom is -0.307 e. The van der Waals surface area contributed by atoms with Crippen LogP contribution in [0, 0.1) is 11.7 Å². The highest BCUT2D eigenvalue weighted by molar-refractivity contribution is 6.31. The third kappa shape index (κ3) is 3.23. The van der Waals surface area contributed by atoms with E-state index in [-0.39, 0.29) is 17.1 Å². The van der Waals surface area contributed by atoms with Crippen LogP contribution in [0.5, 0.6) is 0 Å². The van der Waals surface area contributed by atoms with Gasteiger partial charge in [0.25, 0.3) is 5.91 Å². The van der Waals surface area contributed by atoms with E-state index in [2.05, 4.69) is 4.90 Å². The molecule has 5 rings (SSSR count). The van der Waals surface area contributed by atoms with E-state index in [1.54, 1.807) is 36.4 Å². The van der Waals surface area contributed by atoms with Crippen molar-refractivity contribution >= 4 is 23.2 Å². The van der Waals surface area contributed by atoms with Crippen LogP contribution in [0.25, 0.3) is 0 Å². The number of fused-ring (bicyclic) bond motifs is 2. The molecule has 0 bridgehead atoms. The third-order valence-corrected chi connectivity index (χ3v) is 6.86. The molecule has 2 heterocycles. The van der Waals surface area contributed by atoms with E-state index < -0.39 is 0 Å². The van der Waals surface area contributed by atoms with Crippen LogP contribution >= 0.6 is 11.6 Å². The summed E-state index contributed by atoms with van der Waals surface area (Å²) < 4.78 is 14.1. The minimum atomic E-state index is -0.226. The molecule has 146 valence electrons. The second kappa shape index (κ2) is 6.85. The Morgan fingerprint density at radius 2 is 1.93 bits per heavy atom. The van der Waals surface area contributed by atoms with Crippen LogP contribution in [-0.2, 0) is 5.41 Å². The number of carbonyl (C=O) groups excluding carboxylic acids is 1. The summed E-state index contributed by atoms with van der Waals surface area (Å²) in [6, 6.07) is 11.9. The molecule has 5 heteroatoms. The fourth-order valence-electron chi connectivity index (χ4n) is 4.86. The lowest BCUT2D eigenvalue weighted by Gasteiger charge is -2.40. The molecule has 1 aliphatic carbocycles. The van der Waals surface area contributed by atoms with Crippen LogP contribution in [0.2, 0.25) is 5.02 Å². The molecule has 0 aromatic heterocycles. The Hall–Kier alpha value is -1.91. The van der Waals surface area contributed by atoms with Gasteiger partial charge >= 0.3 is 0 Å². The fourth-order valence-corrected chi connectivity index (χ4v) is 5.05. The van der Waals surface area contributed by atoms with E-state index >= 15 is 0 Å². The molecular weight excluding hydrogens is 375 g/mol. The van der Waals surface area contributed by atoms with Crippen molar-refractivity contribution in [3.8, 4) is 0 Å². The van der Waals surface area contributed by atoms with Crippen LogP contribution in [0.3, 0.4) is 0 Å². The van der Waals surface area contributed by atoms with Crippen LogP contribution in [0.4, 0.5) is 10.1 Å². The number of rotatable bonds is 3. The molecule has 1 saturated heterocycles. The van der Waals surface area contributed by atoms with Gasteiger partial charge in [0.05, 0.1) is 0 Å². The first-order valence-corrected chi connectivity index (χ1v) is 10.5. The quantitative estimate of drug-likeness (QED) is 0.735. The Kier molecular flexibility index (Phi) is 4.44. The Balaban J connectivity index is 1.44. The zero-order valence-corrected chi connectivity index (χ0v) is 16.6. The number of benzene rings is 2. The number of likely N-dealkylation sites (tertiary alicyclic amines) is 1. The summed E-state index contributed by atoms with van der Waals surface area (Å²) in [7, 11) is 0. The van der Waals surface area contributed by atoms with E-state index in [9.17, 15) is 9.18 Å². The van der Waals surface area contributed by atoms with E-state index in [4.69, 9.17) is 11.6 Å². The van der Waals surface area contributed by atoms with Gasteiger partial charge in [-0.05, 0) is 86.7 Å². The zero-order valence-electron chi connectivity index (χ0n) is 15.8. The smallest absolute Gasteiger partial charge is 0.258 e. The van der Waals surface area contributed by atoms with E-state index in [0.717, 1.165) is 43.1 Å². The minimum absolute atomic E-state index is 0.0624. The van der Waals surface area contributed by atoms with Gasteiger partial charge in [0.15, 0.2) is 0 Å². The zero-order chi connectivity index (χ0) is 19.3. The van der Waals surface area contributed by atoms with E-state index in [1.807, 2.05) is 4.90 Å². The second-order valence-corrected chi connectivity index (χ2v) is 9.02. The van der Waals surface area contributed by atoms with Crippen molar-refractivity contribution in [2.75, 3.05) is 31.1 Å². The highest BCUT2D eigenvalue weighted by Crippen LogP contribution is 2.48. The molecule has 1 spiro atoms. The van der Waals surface area contributed by atoms with Crippen molar-refractivity contribution in [3.63, 3.8) is 0 Å². The first-order chi connectivity index (χ1) is 13.5.